The molecule has 0 saturated carbocycles. The van der Waals surface area contributed by atoms with Gasteiger partial charge in [0.2, 0.25) is 11.8 Å². The van der Waals surface area contributed by atoms with Crippen molar-refractivity contribution in [2.24, 2.45) is 0 Å². The van der Waals surface area contributed by atoms with E-state index in [4.69, 9.17) is 0 Å². The topological polar surface area (TPSA) is 61.4 Å². The Labute approximate surface area is 121 Å². The highest BCUT2D eigenvalue weighted by Gasteiger charge is 2.09. The summed E-state index contributed by atoms with van der Waals surface area (Å²) >= 11 is 3.32. The van der Waals surface area contributed by atoms with Crippen molar-refractivity contribution in [2.75, 3.05) is 32.5 Å². The second-order valence-electron chi connectivity index (χ2n) is 4.39. The van der Waals surface area contributed by atoms with Crippen LogP contribution in [0, 0.1) is 0 Å². The molecule has 0 unspecified atom stereocenters. The normalized spacial score (nSPS) is 10.3. The van der Waals surface area contributed by atoms with Gasteiger partial charge in [0.1, 0.15) is 6.42 Å². The lowest BCUT2D eigenvalue weighted by Crippen LogP contribution is -2.33. The fourth-order valence-electron chi connectivity index (χ4n) is 1.40. The number of benzene rings is 1. The maximum Gasteiger partial charge on any atom is 0.233 e. The van der Waals surface area contributed by atoms with Crippen LogP contribution in [0.3, 0.4) is 0 Å². The van der Waals surface area contributed by atoms with E-state index in [1.165, 1.54) is 0 Å². The average Bonchev–Trinajstić information content (AvgIpc) is 2.27. The maximum absolute atomic E-state index is 11.6. The predicted octanol–water partition coefficient (Wildman–Crippen LogP) is 1.46. The van der Waals surface area contributed by atoms with Crippen LogP contribution in [-0.2, 0) is 9.59 Å². The van der Waals surface area contributed by atoms with Gasteiger partial charge in [-0.05, 0) is 32.3 Å². The van der Waals surface area contributed by atoms with Gasteiger partial charge >= 0.3 is 0 Å². The third-order valence-corrected chi connectivity index (χ3v) is 2.80. The molecule has 0 fully saturated rings. The summed E-state index contributed by atoms with van der Waals surface area (Å²) in [4.78, 5) is 25.1. The van der Waals surface area contributed by atoms with Crippen LogP contribution in [0.25, 0.3) is 0 Å². The summed E-state index contributed by atoms with van der Waals surface area (Å²) in [6.45, 7) is 1.29. The number of halogens is 1. The molecule has 0 bridgehead atoms. The Kier molecular flexibility index (Phi) is 6.52. The first-order valence-corrected chi connectivity index (χ1v) is 6.73. The van der Waals surface area contributed by atoms with Crippen molar-refractivity contribution in [3.8, 4) is 0 Å². The van der Waals surface area contributed by atoms with Crippen molar-refractivity contribution in [3.63, 3.8) is 0 Å². The molecule has 1 aromatic rings. The molecule has 1 aromatic carbocycles. The lowest BCUT2D eigenvalue weighted by Gasteiger charge is -2.10. The zero-order valence-electron chi connectivity index (χ0n) is 11.1. The molecule has 0 saturated heterocycles. The third-order valence-electron chi connectivity index (χ3n) is 2.31. The summed E-state index contributed by atoms with van der Waals surface area (Å²) in [5.74, 6) is -0.588. The number of hydrogen-bond acceptors (Lipinski definition) is 3. The monoisotopic (exact) mass is 327 g/mol. The number of nitrogens with one attached hydrogen (secondary N) is 2. The van der Waals surface area contributed by atoms with Crippen LogP contribution in [0.1, 0.15) is 6.42 Å². The van der Waals surface area contributed by atoms with E-state index in [1.54, 1.807) is 12.1 Å². The lowest BCUT2D eigenvalue weighted by atomic mass is 10.3. The van der Waals surface area contributed by atoms with Gasteiger partial charge in [-0.3, -0.25) is 9.59 Å². The summed E-state index contributed by atoms with van der Waals surface area (Å²) in [7, 11) is 3.85. The van der Waals surface area contributed by atoms with Gasteiger partial charge in [-0.2, -0.15) is 0 Å². The third kappa shape index (κ3) is 6.93. The molecule has 0 aliphatic rings. The first-order valence-electron chi connectivity index (χ1n) is 5.94. The Morgan fingerprint density at radius 3 is 2.63 bits per heavy atom. The van der Waals surface area contributed by atoms with Crippen molar-refractivity contribution >= 4 is 33.4 Å². The number of nitrogens with zero attached hydrogens (tertiary/aromatic N) is 1. The standard InChI is InChI=1S/C13H18BrN3O2/c1-17(2)7-6-15-12(18)9-13(19)16-11-5-3-4-10(14)8-11/h3-5,8H,6-7,9H2,1-2H3,(H,15,18)(H,16,19). The van der Waals surface area contributed by atoms with Gasteiger partial charge in [0.15, 0.2) is 0 Å². The summed E-state index contributed by atoms with van der Waals surface area (Å²) in [5, 5.41) is 5.36. The molecule has 2 amide bonds. The molecule has 0 atom stereocenters. The van der Waals surface area contributed by atoms with Gasteiger partial charge < -0.3 is 15.5 Å². The number of carbonyl (C=O) groups is 2. The number of hydrogen-bond donors (Lipinski definition) is 2. The fourth-order valence-corrected chi connectivity index (χ4v) is 1.80. The van der Waals surface area contributed by atoms with Crippen molar-refractivity contribution in [3.05, 3.63) is 28.7 Å². The Bertz CT molecular complexity index is 449. The second-order valence-corrected chi connectivity index (χ2v) is 5.30. The minimum atomic E-state index is -0.319. The van der Waals surface area contributed by atoms with Crippen LogP contribution in [0.15, 0.2) is 28.7 Å². The minimum absolute atomic E-state index is 0.167. The van der Waals surface area contributed by atoms with Crippen molar-refractivity contribution in [1.29, 1.82) is 0 Å². The molecule has 0 aromatic heterocycles. The Morgan fingerprint density at radius 1 is 1.26 bits per heavy atom. The Morgan fingerprint density at radius 2 is 2.00 bits per heavy atom. The number of likely N-dealkylation sites (N-methyl/N-ethyl adjacent to an activating group) is 1. The van der Waals surface area contributed by atoms with E-state index >= 15 is 0 Å². The zero-order valence-corrected chi connectivity index (χ0v) is 12.7. The van der Waals surface area contributed by atoms with E-state index in [9.17, 15) is 9.59 Å². The van der Waals surface area contributed by atoms with E-state index in [1.807, 2.05) is 31.1 Å². The van der Waals surface area contributed by atoms with E-state index in [0.717, 1.165) is 11.0 Å². The number of anilines is 1. The number of carbonyl (C=O) groups excluding carboxylic acids is 2. The van der Waals surface area contributed by atoms with Crippen molar-refractivity contribution in [2.45, 2.75) is 6.42 Å². The highest BCUT2D eigenvalue weighted by atomic mass is 79.9. The molecule has 0 spiro atoms. The SMILES string of the molecule is CN(C)CCNC(=O)CC(=O)Nc1cccc(Br)c1. The van der Waals surface area contributed by atoms with E-state index in [0.29, 0.717) is 12.2 Å². The van der Waals surface area contributed by atoms with Gasteiger partial charge in [0.05, 0.1) is 0 Å². The Hall–Kier alpha value is -1.40. The second kappa shape index (κ2) is 7.91. The van der Waals surface area contributed by atoms with Crippen LogP contribution in [0.5, 0.6) is 0 Å². The van der Waals surface area contributed by atoms with Crippen LogP contribution in [0.2, 0.25) is 0 Å². The average molecular weight is 328 g/mol. The largest absolute Gasteiger partial charge is 0.354 e. The molecule has 0 heterocycles. The molecule has 6 heteroatoms. The molecular formula is C13H18BrN3O2. The van der Waals surface area contributed by atoms with Gasteiger partial charge in [-0.1, -0.05) is 22.0 Å². The Balaban J connectivity index is 2.33. The van der Waals surface area contributed by atoms with Gasteiger partial charge in [-0.25, -0.2) is 0 Å². The highest BCUT2D eigenvalue weighted by molar-refractivity contribution is 9.10. The summed E-state index contributed by atoms with van der Waals surface area (Å²) < 4.78 is 0.876. The highest BCUT2D eigenvalue weighted by Crippen LogP contribution is 2.15. The molecule has 0 radical (unpaired) electrons. The van der Waals surface area contributed by atoms with Gasteiger partial charge in [-0.15, -0.1) is 0 Å². The quantitative estimate of drug-likeness (QED) is 0.777. The van der Waals surface area contributed by atoms with E-state index in [2.05, 4.69) is 26.6 Å². The number of rotatable bonds is 6. The molecular weight excluding hydrogens is 310 g/mol. The summed E-state index contributed by atoms with van der Waals surface area (Å²) in [6, 6.07) is 7.23. The van der Waals surface area contributed by atoms with Crippen LogP contribution >= 0.6 is 15.9 Å². The van der Waals surface area contributed by atoms with Crippen LogP contribution < -0.4 is 10.6 Å². The molecule has 0 aliphatic heterocycles. The smallest absolute Gasteiger partial charge is 0.233 e. The maximum atomic E-state index is 11.6. The molecule has 104 valence electrons. The summed E-state index contributed by atoms with van der Waals surface area (Å²) in [5.41, 5.74) is 0.667. The first-order chi connectivity index (χ1) is 8.97. The molecule has 2 N–H and O–H groups in total. The van der Waals surface area contributed by atoms with Gasteiger partial charge in [0, 0.05) is 23.2 Å². The number of amides is 2. The molecule has 19 heavy (non-hydrogen) atoms. The summed E-state index contributed by atoms with van der Waals surface area (Å²) in [6.07, 6.45) is -0.167. The van der Waals surface area contributed by atoms with Crippen LogP contribution in [-0.4, -0.2) is 43.9 Å². The molecule has 1 rings (SSSR count). The van der Waals surface area contributed by atoms with E-state index in [-0.39, 0.29) is 18.2 Å². The van der Waals surface area contributed by atoms with Crippen molar-refractivity contribution < 1.29 is 9.59 Å². The molecule has 0 aliphatic carbocycles. The van der Waals surface area contributed by atoms with Gasteiger partial charge in [0.25, 0.3) is 0 Å². The molecule has 5 nitrogen and oxygen atoms in total. The van der Waals surface area contributed by atoms with Crippen molar-refractivity contribution in [1.82, 2.24) is 10.2 Å². The van der Waals surface area contributed by atoms with E-state index < -0.39 is 0 Å². The lowest BCUT2D eigenvalue weighted by molar-refractivity contribution is -0.126. The predicted molar refractivity (Wildman–Crippen MR) is 79.0 cm³/mol. The minimum Gasteiger partial charge on any atom is -0.354 e. The van der Waals surface area contributed by atoms with Crippen LogP contribution in [0.4, 0.5) is 5.69 Å². The fraction of sp³-hybridized carbons (Fsp3) is 0.385. The first kappa shape index (κ1) is 15.7. The zero-order chi connectivity index (χ0) is 14.3.